The number of thioether (sulfide) groups is 1. The smallest absolute Gasteiger partial charge is 0.325 e. The van der Waals surface area contributed by atoms with Crippen molar-refractivity contribution in [3.05, 3.63) is 0 Å². The van der Waals surface area contributed by atoms with Gasteiger partial charge in [-0.15, -0.1) is 0 Å². The van der Waals surface area contributed by atoms with Crippen molar-refractivity contribution in [1.82, 2.24) is 0 Å². The van der Waals surface area contributed by atoms with Crippen molar-refractivity contribution in [2.24, 2.45) is 5.73 Å². The van der Waals surface area contributed by atoms with Gasteiger partial charge in [0.1, 0.15) is 5.54 Å². The van der Waals surface area contributed by atoms with Gasteiger partial charge in [-0.1, -0.05) is 6.92 Å². The van der Waals surface area contributed by atoms with Gasteiger partial charge in [-0.05, 0) is 20.3 Å². The summed E-state index contributed by atoms with van der Waals surface area (Å²) in [5.41, 5.74) is 4.88. The number of hydrogen-bond donors (Lipinski definition) is 3. The molecule has 0 heterocycles. The van der Waals surface area contributed by atoms with E-state index in [1.165, 1.54) is 11.8 Å². The fourth-order valence-electron chi connectivity index (χ4n) is 1.36. The van der Waals surface area contributed by atoms with Crippen LogP contribution in [0.5, 0.6) is 0 Å². The first-order valence-corrected chi connectivity index (χ1v) is 6.75. The maximum Gasteiger partial charge on any atom is 0.325 e. The van der Waals surface area contributed by atoms with E-state index in [1.807, 2.05) is 6.92 Å². The second-order valence-corrected chi connectivity index (χ2v) is 5.79. The molecule has 0 aromatic rings. The van der Waals surface area contributed by atoms with Gasteiger partial charge in [-0.25, -0.2) is 0 Å². The number of aliphatic hydroxyl groups excluding tert-OH is 2. The van der Waals surface area contributed by atoms with Crippen molar-refractivity contribution in [2.75, 3.05) is 19.0 Å². The van der Waals surface area contributed by atoms with Crippen LogP contribution in [0.15, 0.2) is 0 Å². The van der Waals surface area contributed by atoms with E-state index in [0.29, 0.717) is 18.8 Å². The largest absolute Gasteiger partial charge is 0.465 e. The zero-order valence-electron chi connectivity index (χ0n) is 10.7. The van der Waals surface area contributed by atoms with E-state index in [-0.39, 0.29) is 11.9 Å². The summed E-state index contributed by atoms with van der Waals surface area (Å²) in [6.45, 7) is 5.38. The number of carbonyl (C=O) groups is 1. The number of hydrogen-bond acceptors (Lipinski definition) is 6. The van der Waals surface area contributed by atoms with Gasteiger partial charge in [-0.3, -0.25) is 4.79 Å². The number of nitrogens with two attached hydrogens (primary N) is 1. The van der Waals surface area contributed by atoms with Crippen LogP contribution in [0.25, 0.3) is 0 Å². The van der Waals surface area contributed by atoms with Gasteiger partial charge in [-0.2, -0.15) is 11.8 Å². The minimum atomic E-state index is -1.01. The van der Waals surface area contributed by atoms with Crippen LogP contribution in [0.1, 0.15) is 27.2 Å². The van der Waals surface area contributed by atoms with Gasteiger partial charge in [0.25, 0.3) is 0 Å². The Morgan fingerprint density at radius 3 is 2.65 bits per heavy atom. The maximum absolute atomic E-state index is 11.5. The molecular weight excluding hydrogens is 242 g/mol. The van der Waals surface area contributed by atoms with Crippen LogP contribution < -0.4 is 5.73 Å². The minimum absolute atomic E-state index is 0.107. The van der Waals surface area contributed by atoms with Gasteiger partial charge in [0, 0.05) is 11.0 Å². The molecule has 3 atom stereocenters. The lowest BCUT2D eigenvalue weighted by Crippen LogP contribution is -2.47. The summed E-state index contributed by atoms with van der Waals surface area (Å²) in [6.07, 6.45) is -0.261. The molecule has 0 aliphatic rings. The molecule has 0 aliphatic carbocycles. The standard InChI is InChI=1S/C11H23NO4S/c1-4-16-10(15)11(3,12)5-8(2)17-7-9(14)6-13/h8-9,13-14H,4-7,12H2,1-3H3. The summed E-state index contributed by atoms with van der Waals surface area (Å²) in [4.78, 5) is 11.5. The molecule has 5 nitrogen and oxygen atoms in total. The molecule has 0 saturated heterocycles. The van der Waals surface area contributed by atoms with Crippen LogP contribution in [-0.2, 0) is 9.53 Å². The highest BCUT2D eigenvalue weighted by molar-refractivity contribution is 7.99. The second-order valence-electron chi connectivity index (χ2n) is 4.32. The molecule has 3 unspecified atom stereocenters. The first kappa shape index (κ1) is 16.7. The van der Waals surface area contributed by atoms with E-state index < -0.39 is 17.6 Å². The zero-order chi connectivity index (χ0) is 13.5. The van der Waals surface area contributed by atoms with Crippen LogP contribution in [0, 0.1) is 0 Å². The van der Waals surface area contributed by atoms with Crippen LogP contribution >= 0.6 is 11.8 Å². The maximum atomic E-state index is 11.5. The van der Waals surface area contributed by atoms with Gasteiger partial charge in [0.2, 0.25) is 0 Å². The fourth-order valence-corrected chi connectivity index (χ4v) is 2.48. The predicted molar refractivity (Wildman–Crippen MR) is 68.9 cm³/mol. The Bertz CT molecular complexity index is 236. The molecule has 4 N–H and O–H groups in total. The molecule has 0 amide bonds. The van der Waals surface area contributed by atoms with Crippen LogP contribution in [-0.4, -0.2) is 52.0 Å². The quantitative estimate of drug-likeness (QED) is 0.540. The minimum Gasteiger partial charge on any atom is -0.465 e. The highest BCUT2D eigenvalue weighted by atomic mass is 32.2. The van der Waals surface area contributed by atoms with E-state index in [4.69, 9.17) is 15.6 Å². The summed E-state index contributed by atoms with van der Waals surface area (Å²) in [7, 11) is 0. The average Bonchev–Trinajstić information content (AvgIpc) is 2.25. The molecule has 0 aliphatic heterocycles. The highest BCUT2D eigenvalue weighted by Crippen LogP contribution is 2.22. The van der Waals surface area contributed by atoms with Crippen molar-refractivity contribution in [2.45, 2.75) is 44.1 Å². The second kappa shape index (κ2) is 7.92. The highest BCUT2D eigenvalue weighted by Gasteiger charge is 2.31. The molecule has 17 heavy (non-hydrogen) atoms. The van der Waals surface area contributed by atoms with Crippen LogP contribution in [0.4, 0.5) is 0 Å². The Kier molecular flexibility index (Phi) is 7.78. The van der Waals surface area contributed by atoms with Crippen molar-refractivity contribution < 1.29 is 19.7 Å². The molecule has 102 valence electrons. The number of ether oxygens (including phenoxy) is 1. The third-order valence-corrected chi connectivity index (χ3v) is 3.55. The van der Waals surface area contributed by atoms with Crippen molar-refractivity contribution >= 4 is 17.7 Å². The SMILES string of the molecule is CCOC(=O)C(C)(N)CC(C)SCC(O)CO. The lowest BCUT2D eigenvalue weighted by Gasteiger charge is -2.25. The first-order chi connectivity index (χ1) is 7.83. The molecule has 0 aromatic heterocycles. The molecule has 0 spiro atoms. The van der Waals surface area contributed by atoms with Crippen LogP contribution in [0.3, 0.4) is 0 Å². The van der Waals surface area contributed by atoms with Crippen molar-refractivity contribution in [1.29, 1.82) is 0 Å². The third kappa shape index (κ3) is 6.88. The molecule has 0 saturated carbocycles. The van der Waals surface area contributed by atoms with Gasteiger partial charge in [0.15, 0.2) is 0 Å². The Morgan fingerprint density at radius 1 is 1.59 bits per heavy atom. The molecule has 6 heteroatoms. The van der Waals surface area contributed by atoms with Gasteiger partial charge >= 0.3 is 5.97 Å². The lowest BCUT2D eigenvalue weighted by molar-refractivity contribution is -0.149. The normalized spacial score (nSPS) is 18.2. The van der Waals surface area contributed by atoms with Gasteiger partial charge in [0.05, 0.1) is 19.3 Å². The summed E-state index contributed by atoms with van der Waals surface area (Å²) in [5, 5.41) is 18.0. The Hall–Kier alpha value is -0.300. The molecular formula is C11H23NO4S. The third-order valence-electron chi connectivity index (χ3n) is 2.24. The topological polar surface area (TPSA) is 92.8 Å². The molecule has 0 rings (SSSR count). The molecule has 0 aromatic carbocycles. The predicted octanol–water partition coefficient (Wildman–Crippen LogP) is 0.132. The Labute approximate surface area is 107 Å². The summed E-state index contributed by atoms with van der Waals surface area (Å²) >= 11 is 1.47. The Balaban J connectivity index is 4.08. The first-order valence-electron chi connectivity index (χ1n) is 5.70. The zero-order valence-corrected chi connectivity index (χ0v) is 11.5. The lowest BCUT2D eigenvalue weighted by atomic mass is 9.98. The van der Waals surface area contributed by atoms with Crippen molar-refractivity contribution in [3.63, 3.8) is 0 Å². The van der Waals surface area contributed by atoms with E-state index in [0.717, 1.165) is 0 Å². The number of esters is 1. The van der Waals surface area contributed by atoms with E-state index >= 15 is 0 Å². The van der Waals surface area contributed by atoms with E-state index in [9.17, 15) is 9.90 Å². The number of rotatable bonds is 8. The van der Waals surface area contributed by atoms with Crippen LogP contribution in [0.2, 0.25) is 0 Å². The average molecular weight is 265 g/mol. The molecule has 0 bridgehead atoms. The molecule has 0 radical (unpaired) electrons. The van der Waals surface area contributed by atoms with E-state index in [2.05, 4.69) is 0 Å². The fraction of sp³-hybridized carbons (Fsp3) is 0.909. The van der Waals surface area contributed by atoms with Gasteiger partial charge < -0.3 is 20.7 Å². The van der Waals surface area contributed by atoms with E-state index in [1.54, 1.807) is 13.8 Å². The summed E-state index contributed by atoms with van der Waals surface area (Å²) in [5.74, 6) is 0.0199. The molecule has 0 fully saturated rings. The summed E-state index contributed by atoms with van der Waals surface area (Å²) in [6, 6.07) is 0. The number of carbonyl (C=O) groups excluding carboxylic acids is 1. The number of aliphatic hydroxyl groups is 2. The Morgan fingerprint density at radius 2 is 2.18 bits per heavy atom. The monoisotopic (exact) mass is 265 g/mol. The van der Waals surface area contributed by atoms with Crippen molar-refractivity contribution in [3.8, 4) is 0 Å². The summed E-state index contributed by atoms with van der Waals surface area (Å²) < 4.78 is 4.89.